The minimum absolute atomic E-state index is 0.271. The van der Waals surface area contributed by atoms with Gasteiger partial charge in [0.2, 0.25) is 5.91 Å². The van der Waals surface area contributed by atoms with Gasteiger partial charge in [0.1, 0.15) is 0 Å². The summed E-state index contributed by atoms with van der Waals surface area (Å²) in [7, 11) is 0. The second kappa shape index (κ2) is 9.37. The molecule has 0 aromatic heterocycles. The van der Waals surface area contributed by atoms with E-state index in [2.05, 4.69) is 16.5 Å². The molecule has 0 aliphatic carbocycles. The quantitative estimate of drug-likeness (QED) is 0.524. The fraction of sp³-hybridized carbons (Fsp3) is 0.571. The van der Waals surface area contributed by atoms with E-state index in [-0.39, 0.29) is 12.5 Å². The van der Waals surface area contributed by atoms with E-state index in [1.165, 1.54) is 0 Å². The Bertz CT molecular complexity index is 181. The molecule has 0 saturated heterocycles. The molecule has 0 fully saturated rings. The smallest absolute Gasteiger partial charge is 0.240 e. The van der Waals surface area contributed by atoms with Crippen molar-refractivity contribution in [3.63, 3.8) is 0 Å². The first-order valence-electron chi connectivity index (χ1n) is 3.54. The lowest BCUT2D eigenvalue weighted by Crippen LogP contribution is -2.04. The molecule has 0 saturated carbocycles. The highest BCUT2D eigenvalue weighted by Crippen LogP contribution is 1.92. The lowest BCUT2D eigenvalue weighted by atomic mass is 10.2. The SMILES string of the molecule is C=CC(N)=O.CC(C)COS(=O)[O-]. The molecular formula is C7H14NO4S-. The molecule has 78 valence electrons. The Morgan fingerprint density at radius 3 is 2.23 bits per heavy atom. The van der Waals surface area contributed by atoms with Crippen LogP contribution in [0.3, 0.4) is 0 Å². The molecule has 0 aliphatic heterocycles. The van der Waals surface area contributed by atoms with Crippen LogP contribution in [0.4, 0.5) is 0 Å². The Labute approximate surface area is 80.4 Å². The first kappa shape index (κ1) is 14.8. The van der Waals surface area contributed by atoms with E-state index in [0.717, 1.165) is 6.08 Å². The van der Waals surface area contributed by atoms with Gasteiger partial charge in [-0.1, -0.05) is 20.4 Å². The summed E-state index contributed by atoms with van der Waals surface area (Å²) in [5.74, 6) is -0.210. The molecule has 13 heavy (non-hydrogen) atoms. The maximum absolute atomic E-state index is 9.68. The van der Waals surface area contributed by atoms with Crippen molar-refractivity contribution < 1.29 is 17.7 Å². The molecule has 6 heteroatoms. The maximum Gasteiger partial charge on any atom is 0.240 e. The fourth-order valence-corrected chi connectivity index (χ4v) is 0.575. The molecule has 1 amide bonds. The van der Waals surface area contributed by atoms with Gasteiger partial charge in [-0.3, -0.25) is 4.79 Å². The first-order valence-corrected chi connectivity index (χ1v) is 4.54. The van der Waals surface area contributed by atoms with Crippen molar-refractivity contribution in [1.29, 1.82) is 0 Å². The normalized spacial score (nSPS) is 11.4. The van der Waals surface area contributed by atoms with Gasteiger partial charge < -0.3 is 14.5 Å². The molecule has 0 aromatic rings. The van der Waals surface area contributed by atoms with E-state index in [1.807, 2.05) is 13.8 Å². The van der Waals surface area contributed by atoms with Crippen molar-refractivity contribution in [2.45, 2.75) is 13.8 Å². The number of hydrogen-bond acceptors (Lipinski definition) is 4. The van der Waals surface area contributed by atoms with Gasteiger partial charge in [-0.2, -0.15) is 0 Å². The Morgan fingerprint density at radius 2 is 2.15 bits per heavy atom. The van der Waals surface area contributed by atoms with Crippen molar-refractivity contribution >= 4 is 17.3 Å². The molecule has 0 heterocycles. The van der Waals surface area contributed by atoms with Crippen LogP contribution in [0.15, 0.2) is 12.7 Å². The number of primary amides is 1. The second-order valence-corrected chi connectivity index (χ2v) is 3.13. The molecule has 1 unspecified atom stereocenters. The molecule has 1 atom stereocenters. The molecule has 0 spiro atoms. The summed E-state index contributed by atoms with van der Waals surface area (Å²) in [5, 5.41) is 0. The third-order valence-corrected chi connectivity index (χ3v) is 1.03. The van der Waals surface area contributed by atoms with E-state index in [1.54, 1.807) is 0 Å². The van der Waals surface area contributed by atoms with Crippen LogP contribution in [0.2, 0.25) is 0 Å². The van der Waals surface area contributed by atoms with Gasteiger partial charge >= 0.3 is 0 Å². The summed E-state index contributed by atoms with van der Waals surface area (Å²) < 4.78 is 23.6. The summed E-state index contributed by atoms with van der Waals surface area (Å²) in [6.07, 6.45) is 1.06. The Morgan fingerprint density at radius 1 is 1.77 bits per heavy atom. The zero-order valence-corrected chi connectivity index (χ0v) is 8.50. The van der Waals surface area contributed by atoms with Crippen LogP contribution in [-0.4, -0.2) is 21.3 Å². The molecule has 0 rings (SSSR count). The van der Waals surface area contributed by atoms with Crippen molar-refractivity contribution in [2.75, 3.05) is 6.61 Å². The molecular weight excluding hydrogens is 194 g/mol. The highest BCUT2D eigenvalue weighted by Gasteiger charge is 1.90. The summed E-state index contributed by atoms with van der Waals surface area (Å²) in [5.41, 5.74) is 4.53. The number of rotatable bonds is 4. The van der Waals surface area contributed by atoms with Crippen LogP contribution in [-0.2, 0) is 20.3 Å². The highest BCUT2D eigenvalue weighted by atomic mass is 32.2. The highest BCUT2D eigenvalue weighted by molar-refractivity contribution is 7.74. The monoisotopic (exact) mass is 208 g/mol. The van der Waals surface area contributed by atoms with Gasteiger partial charge in [-0.25, -0.2) is 4.21 Å². The van der Waals surface area contributed by atoms with Crippen molar-refractivity contribution in [3.8, 4) is 0 Å². The van der Waals surface area contributed by atoms with E-state index >= 15 is 0 Å². The van der Waals surface area contributed by atoms with Crippen LogP contribution in [0.25, 0.3) is 0 Å². The van der Waals surface area contributed by atoms with E-state index < -0.39 is 17.3 Å². The Balaban J connectivity index is 0. The van der Waals surface area contributed by atoms with Crippen molar-refractivity contribution in [1.82, 2.24) is 0 Å². The standard InChI is InChI=1S/C4H10O3S.C3H5NO/c1-4(2)3-7-8(5)6;1-2-3(4)5/h4H,3H2,1-2H3,(H,5,6);2H,1H2,(H2,4,5)/p-1. The zero-order valence-electron chi connectivity index (χ0n) is 7.69. The number of nitrogens with two attached hydrogens (primary N) is 1. The van der Waals surface area contributed by atoms with Crippen molar-refractivity contribution in [3.05, 3.63) is 12.7 Å². The largest absolute Gasteiger partial charge is 0.750 e. The van der Waals surface area contributed by atoms with E-state index in [9.17, 15) is 13.6 Å². The van der Waals surface area contributed by atoms with E-state index in [4.69, 9.17) is 0 Å². The third kappa shape index (κ3) is 24.6. The molecule has 0 radical (unpaired) electrons. The van der Waals surface area contributed by atoms with Gasteiger partial charge in [0.25, 0.3) is 0 Å². The minimum Gasteiger partial charge on any atom is -0.750 e. The van der Waals surface area contributed by atoms with Crippen molar-refractivity contribution in [2.24, 2.45) is 11.7 Å². The molecule has 0 aliphatic rings. The lowest BCUT2D eigenvalue weighted by Gasteiger charge is -2.06. The van der Waals surface area contributed by atoms with Gasteiger partial charge in [0, 0.05) is 0 Å². The third-order valence-electron chi connectivity index (χ3n) is 0.699. The molecule has 0 aromatic carbocycles. The average molecular weight is 208 g/mol. The summed E-state index contributed by atoms with van der Waals surface area (Å²) >= 11 is -2.34. The van der Waals surface area contributed by atoms with Gasteiger partial charge in [0.15, 0.2) is 0 Å². The van der Waals surface area contributed by atoms with Gasteiger partial charge in [-0.15, -0.1) is 0 Å². The number of hydrogen-bond donors (Lipinski definition) is 1. The van der Waals surface area contributed by atoms with E-state index in [0.29, 0.717) is 0 Å². The minimum atomic E-state index is -2.34. The predicted molar refractivity (Wildman–Crippen MR) is 49.1 cm³/mol. The van der Waals surface area contributed by atoms with Crippen LogP contribution in [0.1, 0.15) is 13.8 Å². The molecule has 5 nitrogen and oxygen atoms in total. The summed E-state index contributed by atoms with van der Waals surface area (Å²) in [4.78, 5) is 9.47. The molecule has 2 N–H and O–H groups in total. The lowest BCUT2D eigenvalue weighted by molar-refractivity contribution is -0.113. The maximum atomic E-state index is 9.68. The van der Waals surface area contributed by atoms with Crippen LogP contribution < -0.4 is 5.73 Å². The fourth-order valence-electron chi connectivity index (χ4n) is 0.192. The van der Waals surface area contributed by atoms with Crippen LogP contribution in [0, 0.1) is 5.92 Å². The topological polar surface area (TPSA) is 92.5 Å². The summed E-state index contributed by atoms with van der Waals surface area (Å²) in [6, 6.07) is 0. The number of amides is 1. The predicted octanol–water partition coefficient (Wildman–Crippen LogP) is 0.111. The second-order valence-electron chi connectivity index (χ2n) is 2.49. The van der Waals surface area contributed by atoms with Crippen LogP contribution >= 0.6 is 0 Å². The average Bonchev–Trinajstić information content (AvgIpc) is 2.02. The zero-order chi connectivity index (χ0) is 10.9. The Hall–Kier alpha value is -0.720. The Kier molecular flexibility index (Phi) is 10.7. The first-order chi connectivity index (χ1) is 5.90. The summed E-state index contributed by atoms with van der Waals surface area (Å²) in [6.45, 7) is 7.12. The number of carbonyl (C=O) groups is 1. The van der Waals surface area contributed by atoms with Gasteiger partial charge in [-0.05, 0) is 12.0 Å². The molecule has 0 bridgehead atoms. The van der Waals surface area contributed by atoms with Gasteiger partial charge in [0.05, 0.1) is 18.0 Å². The number of carbonyl (C=O) groups excluding carboxylic acids is 1. The van der Waals surface area contributed by atoms with Crippen LogP contribution in [0.5, 0.6) is 0 Å².